The van der Waals surface area contributed by atoms with E-state index in [0.717, 1.165) is 14.9 Å². The van der Waals surface area contributed by atoms with E-state index < -0.39 is 22.5 Å². The summed E-state index contributed by atoms with van der Waals surface area (Å²) in [7, 11) is -3.58. The molecule has 1 heterocycles. The van der Waals surface area contributed by atoms with Gasteiger partial charge in [-0.2, -0.15) is 4.31 Å². The van der Waals surface area contributed by atoms with Crippen LogP contribution in [-0.4, -0.2) is 47.1 Å². The third kappa shape index (κ3) is 4.55. The molecule has 0 aromatic carbocycles. The third-order valence-corrected chi connectivity index (χ3v) is 5.64. The Kier molecular flexibility index (Phi) is 5.45. The van der Waals surface area contributed by atoms with Gasteiger partial charge in [-0.05, 0) is 27.2 Å². The number of carboxylic acid groups (broad SMARTS) is 1. The molecule has 0 unspecified atom stereocenters. The molecule has 0 bridgehead atoms. The van der Waals surface area contributed by atoms with Gasteiger partial charge in [0.25, 0.3) is 0 Å². The summed E-state index contributed by atoms with van der Waals surface area (Å²) in [6, 6.07) is -0.372. The molecule has 1 aromatic rings. The third-order valence-electron chi connectivity index (χ3n) is 2.66. The summed E-state index contributed by atoms with van der Waals surface area (Å²) < 4.78 is 25.3. The van der Waals surface area contributed by atoms with E-state index in [1.807, 2.05) is 6.92 Å². The highest BCUT2D eigenvalue weighted by Crippen LogP contribution is 2.16. The number of aromatic nitrogens is 1. The lowest BCUT2D eigenvalue weighted by Gasteiger charge is -2.23. The first-order chi connectivity index (χ1) is 8.74. The zero-order valence-electron chi connectivity index (χ0n) is 11.2. The van der Waals surface area contributed by atoms with Crippen molar-refractivity contribution in [3.8, 4) is 0 Å². The highest BCUT2D eigenvalue weighted by molar-refractivity contribution is 7.89. The second-order valence-corrected chi connectivity index (χ2v) is 7.44. The average Bonchev–Trinajstić information content (AvgIpc) is 2.68. The van der Waals surface area contributed by atoms with Crippen LogP contribution in [0.4, 0.5) is 0 Å². The quantitative estimate of drug-likeness (QED) is 0.815. The molecule has 0 aliphatic heterocycles. The van der Waals surface area contributed by atoms with Crippen LogP contribution in [0.25, 0.3) is 0 Å². The van der Waals surface area contributed by atoms with Crippen LogP contribution in [0.3, 0.4) is 0 Å². The second kappa shape index (κ2) is 6.44. The summed E-state index contributed by atoms with van der Waals surface area (Å²) in [6.07, 6.45) is 0.363. The fourth-order valence-electron chi connectivity index (χ4n) is 1.64. The van der Waals surface area contributed by atoms with Crippen LogP contribution >= 0.6 is 11.3 Å². The molecule has 0 aliphatic rings. The molecule has 1 N–H and O–H groups in total. The maximum Gasteiger partial charge on any atom is 0.318 e. The Hall–Kier alpha value is -0.990. The van der Waals surface area contributed by atoms with Crippen molar-refractivity contribution < 1.29 is 18.3 Å². The first-order valence-electron chi connectivity index (χ1n) is 5.84. The topological polar surface area (TPSA) is 87.6 Å². The number of carbonyl (C=O) groups is 1. The Labute approximate surface area is 117 Å². The van der Waals surface area contributed by atoms with E-state index in [0.29, 0.717) is 6.42 Å². The van der Waals surface area contributed by atoms with Gasteiger partial charge in [0, 0.05) is 10.9 Å². The molecule has 0 radical (unpaired) electrons. The van der Waals surface area contributed by atoms with Gasteiger partial charge in [-0.25, -0.2) is 13.4 Å². The van der Waals surface area contributed by atoms with Gasteiger partial charge in [0.2, 0.25) is 10.0 Å². The average molecular weight is 306 g/mol. The van der Waals surface area contributed by atoms with Crippen LogP contribution in [0.2, 0.25) is 0 Å². The summed E-state index contributed by atoms with van der Waals surface area (Å²) in [4.78, 5) is 15.7. The van der Waals surface area contributed by atoms with E-state index in [4.69, 9.17) is 5.11 Å². The summed E-state index contributed by atoms with van der Waals surface area (Å²) in [5.41, 5.74) is 2.50. The molecular formula is C11H18N2O4S2. The van der Waals surface area contributed by atoms with Crippen LogP contribution in [0.15, 0.2) is 5.51 Å². The fraction of sp³-hybridized carbons (Fsp3) is 0.636. The first-order valence-corrected chi connectivity index (χ1v) is 8.33. The van der Waals surface area contributed by atoms with E-state index in [2.05, 4.69) is 4.98 Å². The molecule has 0 atom stereocenters. The molecule has 0 spiro atoms. The number of rotatable bonds is 7. The van der Waals surface area contributed by atoms with Crippen LogP contribution in [0.1, 0.15) is 24.4 Å². The number of carboxylic acids is 1. The molecule has 19 heavy (non-hydrogen) atoms. The van der Waals surface area contributed by atoms with Crippen molar-refractivity contribution in [2.45, 2.75) is 33.2 Å². The molecule has 0 fully saturated rings. The second-order valence-electron chi connectivity index (χ2n) is 4.46. The number of thiazole rings is 1. The Bertz CT molecular complexity index is 537. The van der Waals surface area contributed by atoms with Gasteiger partial charge >= 0.3 is 5.97 Å². The maximum atomic E-state index is 12.2. The number of hydrogen-bond donors (Lipinski definition) is 1. The molecule has 0 saturated heterocycles. The lowest BCUT2D eigenvalue weighted by molar-refractivity contribution is -0.137. The number of aliphatic carboxylic acids is 1. The van der Waals surface area contributed by atoms with E-state index in [1.54, 1.807) is 19.4 Å². The van der Waals surface area contributed by atoms with Crippen molar-refractivity contribution in [2.24, 2.45) is 0 Å². The zero-order chi connectivity index (χ0) is 14.6. The van der Waals surface area contributed by atoms with Gasteiger partial charge in [-0.3, -0.25) is 4.79 Å². The van der Waals surface area contributed by atoms with Crippen molar-refractivity contribution >= 4 is 27.3 Å². The van der Waals surface area contributed by atoms with Crippen LogP contribution in [0.5, 0.6) is 0 Å². The molecular weight excluding hydrogens is 288 g/mol. The van der Waals surface area contributed by atoms with Gasteiger partial charge in [0.15, 0.2) is 0 Å². The van der Waals surface area contributed by atoms with Gasteiger partial charge in [0.05, 0.1) is 17.0 Å². The normalized spacial score (nSPS) is 12.3. The summed E-state index contributed by atoms with van der Waals surface area (Å²) >= 11 is 1.41. The lowest BCUT2D eigenvalue weighted by atomic mass is 10.3. The minimum atomic E-state index is -3.58. The summed E-state index contributed by atoms with van der Waals surface area (Å²) in [6.45, 7) is 4.66. The Morgan fingerprint density at radius 2 is 2.16 bits per heavy atom. The van der Waals surface area contributed by atoms with Gasteiger partial charge < -0.3 is 5.11 Å². The SMILES string of the molecule is Cc1ncsc1CCS(=O)(=O)N(CC(=O)O)C(C)C. The molecule has 6 nitrogen and oxygen atoms in total. The molecule has 108 valence electrons. The predicted molar refractivity (Wildman–Crippen MR) is 73.8 cm³/mol. The van der Waals surface area contributed by atoms with Crippen molar-refractivity contribution in [3.05, 3.63) is 16.1 Å². The highest BCUT2D eigenvalue weighted by atomic mass is 32.2. The zero-order valence-corrected chi connectivity index (χ0v) is 12.8. The first kappa shape index (κ1) is 16.1. The number of aryl methyl sites for hydroxylation is 2. The molecule has 0 aliphatic carbocycles. The summed E-state index contributed by atoms with van der Waals surface area (Å²) in [5, 5.41) is 8.78. The highest BCUT2D eigenvalue weighted by Gasteiger charge is 2.27. The predicted octanol–water partition coefficient (Wildman–Crippen LogP) is 1.12. The van der Waals surface area contributed by atoms with Crippen LogP contribution in [0, 0.1) is 6.92 Å². The number of nitrogens with zero attached hydrogens (tertiary/aromatic N) is 2. The standard InChI is InChI=1S/C11H18N2O4S2/c1-8(2)13(6-11(14)15)19(16,17)5-4-10-9(3)12-7-18-10/h7-8H,4-6H2,1-3H3,(H,14,15). The Morgan fingerprint density at radius 3 is 2.58 bits per heavy atom. The largest absolute Gasteiger partial charge is 0.480 e. The van der Waals surface area contributed by atoms with Crippen molar-refractivity contribution in [1.82, 2.24) is 9.29 Å². The minimum absolute atomic E-state index is 0.0957. The number of hydrogen-bond acceptors (Lipinski definition) is 5. The molecule has 0 amide bonds. The van der Waals surface area contributed by atoms with E-state index >= 15 is 0 Å². The summed E-state index contributed by atoms with van der Waals surface area (Å²) in [5.74, 6) is -1.24. The lowest BCUT2D eigenvalue weighted by Crippen LogP contribution is -2.42. The molecule has 1 aromatic heterocycles. The maximum absolute atomic E-state index is 12.2. The fourth-order valence-corrected chi connectivity index (χ4v) is 4.20. The molecule has 1 rings (SSSR count). The van der Waals surface area contributed by atoms with E-state index in [1.165, 1.54) is 11.3 Å². The van der Waals surface area contributed by atoms with Crippen molar-refractivity contribution in [3.63, 3.8) is 0 Å². The Balaban J connectivity index is 2.78. The van der Waals surface area contributed by atoms with Crippen molar-refractivity contribution in [1.29, 1.82) is 0 Å². The van der Waals surface area contributed by atoms with Gasteiger partial charge in [-0.15, -0.1) is 11.3 Å². The van der Waals surface area contributed by atoms with E-state index in [9.17, 15) is 13.2 Å². The van der Waals surface area contributed by atoms with Gasteiger partial charge in [0.1, 0.15) is 6.54 Å². The molecule has 0 saturated carbocycles. The van der Waals surface area contributed by atoms with Crippen LogP contribution in [-0.2, 0) is 21.2 Å². The number of sulfonamides is 1. The monoisotopic (exact) mass is 306 g/mol. The smallest absolute Gasteiger partial charge is 0.318 e. The molecule has 8 heteroatoms. The van der Waals surface area contributed by atoms with Crippen molar-refractivity contribution in [2.75, 3.05) is 12.3 Å². The van der Waals surface area contributed by atoms with Crippen LogP contribution < -0.4 is 0 Å². The van der Waals surface area contributed by atoms with Gasteiger partial charge in [-0.1, -0.05) is 0 Å². The van der Waals surface area contributed by atoms with E-state index in [-0.39, 0.29) is 11.8 Å². The minimum Gasteiger partial charge on any atom is -0.480 e. The Morgan fingerprint density at radius 1 is 1.53 bits per heavy atom.